The Hall–Kier alpha value is -1.43. The van der Waals surface area contributed by atoms with Crippen LogP contribution in [-0.4, -0.2) is 66.7 Å². The molecule has 6 nitrogen and oxygen atoms in total. The van der Waals surface area contributed by atoms with E-state index in [1.54, 1.807) is 0 Å². The summed E-state index contributed by atoms with van der Waals surface area (Å²) in [4.78, 5) is 41.5. The predicted octanol–water partition coefficient (Wildman–Crippen LogP) is 0.662. The van der Waals surface area contributed by atoms with Crippen molar-refractivity contribution in [1.29, 1.82) is 0 Å². The smallest absolute Gasteiger partial charge is 0.236 e. The molecule has 0 aromatic carbocycles. The van der Waals surface area contributed by atoms with Crippen molar-refractivity contribution in [3.05, 3.63) is 0 Å². The van der Waals surface area contributed by atoms with E-state index in [9.17, 15) is 14.4 Å². The topological polar surface area (TPSA) is 69.7 Å². The second kappa shape index (κ2) is 6.14. The monoisotopic (exact) mass is 335 g/mol. The quantitative estimate of drug-likeness (QED) is 0.767. The molecule has 6 heteroatoms. The minimum absolute atomic E-state index is 0.0293. The number of amides is 2. The predicted molar refractivity (Wildman–Crippen MR) is 90.3 cm³/mol. The Kier molecular flexibility index (Phi) is 4.45. The molecule has 24 heavy (non-hydrogen) atoms. The highest BCUT2D eigenvalue weighted by Gasteiger charge is 2.68. The molecule has 1 aliphatic heterocycles. The van der Waals surface area contributed by atoms with Crippen molar-refractivity contribution < 1.29 is 14.4 Å². The summed E-state index contributed by atoms with van der Waals surface area (Å²) in [5, 5.41) is 2.80. The number of piperazine rings is 1. The van der Waals surface area contributed by atoms with E-state index in [0.29, 0.717) is 58.0 Å². The highest BCUT2D eigenvalue weighted by Crippen LogP contribution is 2.64. The summed E-state index contributed by atoms with van der Waals surface area (Å²) in [6.45, 7) is 9.71. The molecule has 3 fully saturated rings. The van der Waals surface area contributed by atoms with Crippen LogP contribution in [0.2, 0.25) is 0 Å². The molecule has 0 radical (unpaired) electrons. The number of carbonyl (C=O) groups excluding carboxylic acids is 3. The fourth-order valence-corrected chi connectivity index (χ4v) is 5.01. The normalized spacial score (nSPS) is 32.2. The van der Waals surface area contributed by atoms with Crippen LogP contribution in [0, 0.1) is 16.7 Å². The highest BCUT2D eigenvalue weighted by molar-refractivity contribution is 6.09. The van der Waals surface area contributed by atoms with Crippen LogP contribution in [0.3, 0.4) is 0 Å². The van der Waals surface area contributed by atoms with Gasteiger partial charge in [0.15, 0.2) is 0 Å². The van der Waals surface area contributed by atoms with Crippen LogP contribution >= 0.6 is 0 Å². The van der Waals surface area contributed by atoms with Crippen LogP contribution in [-0.2, 0) is 14.4 Å². The molecule has 2 saturated carbocycles. The SMILES string of the molecule is CCNC(=O)CN1CCN(C(=O)[C@]23CC[C@H](CC2=O)C3(C)C)CC1. The molecule has 0 aromatic heterocycles. The molecular formula is C18H29N3O3. The lowest BCUT2D eigenvalue weighted by molar-refractivity contribution is -0.154. The first-order valence-electron chi connectivity index (χ1n) is 9.14. The maximum absolute atomic E-state index is 13.2. The van der Waals surface area contributed by atoms with E-state index in [-0.39, 0.29) is 23.0 Å². The third-order valence-corrected chi connectivity index (χ3v) is 6.66. The second-order valence-electron chi connectivity index (χ2n) is 8.01. The Morgan fingerprint density at radius 2 is 1.88 bits per heavy atom. The van der Waals surface area contributed by atoms with Crippen LogP contribution in [0.15, 0.2) is 0 Å². The molecule has 0 unspecified atom stereocenters. The van der Waals surface area contributed by atoms with E-state index in [1.807, 2.05) is 11.8 Å². The standard InChI is InChI=1S/C18H29N3O3/c1-4-19-15(23)12-20-7-9-21(10-8-20)16(24)18-6-5-13(11-14(18)22)17(18,2)3/h13H,4-12H2,1-3H3,(H,19,23)/t13-,18+/m1/s1. The lowest BCUT2D eigenvalue weighted by atomic mass is 9.68. The Bertz CT molecular complexity index is 552. The lowest BCUT2D eigenvalue weighted by Gasteiger charge is -2.42. The first-order chi connectivity index (χ1) is 11.3. The van der Waals surface area contributed by atoms with Crippen molar-refractivity contribution in [1.82, 2.24) is 15.1 Å². The molecular weight excluding hydrogens is 306 g/mol. The summed E-state index contributed by atoms with van der Waals surface area (Å²) in [6, 6.07) is 0. The zero-order chi connectivity index (χ0) is 17.5. The first-order valence-corrected chi connectivity index (χ1v) is 9.14. The Morgan fingerprint density at radius 1 is 1.21 bits per heavy atom. The van der Waals surface area contributed by atoms with Gasteiger partial charge < -0.3 is 10.2 Å². The van der Waals surface area contributed by atoms with Crippen LogP contribution < -0.4 is 5.32 Å². The van der Waals surface area contributed by atoms with Gasteiger partial charge in [-0.3, -0.25) is 19.3 Å². The average Bonchev–Trinajstić information content (AvgIpc) is 2.90. The van der Waals surface area contributed by atoms with E-state index in [0.717, 1.165) is 6.42 Å². The minimum atomic E-state index is -0.792. The van der Waals surface area contributed by atoms with Crippen LogP contribution in [0.1, 0.15) is 40.0 Å². The Labute approximate surface area is 143 Å². The largest absolute Gasteiger partial charge is 0.355 e. The van der Waals surface area contributed by atoms with Crippen molar-refractivity contribution in [3.8, 4) is 0 Å². The lowest BCUT2D eigenvalue weighted by Crippen LogP contribution is -2.57. The number of hydrogen-bond donors (Lipinski definition) is 1. The van der Waals surface area contributed by atoms with E-state index in [1.165, 1.54) is 0 Å². The number of Topliss-reactive ketones (excluding diaryl/α,β-unsaturated/α-hetero) is 1. The molecule has 134 valence electrons. The molecule has 0 aromatic rings. The van der Waals surface area contributed by atoms with Gasteiger partial charge in [-0.15, -0.1) is 0 Å². The number of likely N-dealkylation sites (N-methyl/N-ethyl adjacent to an activating group) is 1. The zero-order valence-electron chi connectivity index (χ0n) is 15.1. The maximum Gasteiger partial charge on any atom is 0.236 e. The summed E-state index contributed by atoms with van der Waals surface area (Å²) < 4.78 is 0. The third kappa shape index (κ3) is 2.46. The van der Waals surface area contributed by atoms with Crippen molar-refractivity contribution >= 4 is 17.6 Å². The van der Waals surface area contributed by atoms with Crippen molar-refractivity contribution in [2.24, 2.45) is 16.7 Å². The molecule has 1 N–H and O–H groups in total. The molecule has 2 atom stereocenters. The number of fused-ring (bicyclic) bond motifs is 2. The van der Waals surface area contributed by atoms with E-state index < -0.39 is 5.41 Å². The van der Waals surface area contributed by atoms with Gasteiger partial charge in [0.05, 0.1) is 6.54 Å². The number of ketones is 1. The Morgan fingerprint density at radius 3 is 2.38 bits per heavy atom. The number of nitrogens with one attached hydrogen (secondary N) is 1. The fourth-order valence-electron chi connectivity index (χ4n) is 5.01. The number of carbonyl (C=O) groups is 3. The second-order valence-corrected chi connectivity index (χ2v) is 8.01. The van der Waals surface area contributed by atoms with Gasteiger partial charge in [-0.1, -0.05) is 13.8 Å². The van der Waals surface area contributed by atoms with Gasteiger partial charge >= 0.3 is 0 Å². The van der Waals surface area contributed by atoms with E-state index in [2.05, 4.69) is 24.1 Å². The number of rotatable bonds is 4. The highest BCUT2D eigenvalue weighted by atomic mass is 16.2. The fraction of sp³-hybridized carbons (Fsp3) is 0.833. The van der Waals surface area contributed by atoms with Gasteiger partial charge in [0, 0.05) is 39.1 Å². The first kappa shape index (κ1) is 17.4. The van der Waals surface area contributed by atoms with Crippen molar-refractivity contribution in [2.75, 3.05) is 39.3 Å². The summed E-state index contributed by atoms with van der Waals surface area (Å²) in [5.74, 6) is 0.572. The van der Waals surface area contributed by atoms with Crippen LogP contribution in [0.5, 0.6) is 0 Å². The van der Waals surface area contributed by atoms with Crippen molar-refractivity contribution in [3.63, 3.8) is 0 Å². The van der Waals surface area contributed by atoms with E-state index >= 15 is 0 Å². The van der Waals surface area contributed by atoms with Gasteiger partial charge in [0.25, 0.3) is 0 Å². The van der Waals surface area contributed by atoms with Crippen LogP contribution in [0.25, 0.3) is 0 Å². The number of nitrogens with zero attached hydrogens (tertiary/aromatic N) is 2. The van der Waals surface area contributed by atoms with E-state index in [4.69, 9.17) is 0 Å². The average molecular weight is 335 g/mol. The van der Waals surface area contributed by atoms with Gasteiger partial charge in [-0.05, 0) is 31.1 Å². The van der Waals surface area contributed by atoms with Gasteiger partial charge in [-0.25, -0.2) is 0 Å². The molecule has 3 rings (SSSR count). The zero-order valence-corrected chi connectivity index (χ0v) is 15.1. The molecule has 2 bridgehead atoms. The maximum atomic E-state index is 13.2. The minimum Gasteiger partial charge on any atom is -0.355 e. The van der Waals surface area contributed by atoms with Crippen LogP contribution in [0.4, 0.5) is 0 Å². The molecule has 0 spiro atoms. The van der Waals surface area contributed by atoms with Gasteiger partial charge in [0.2, 0.25) is 11.8 Å². The Balaban J connectivity index is 1.64. The summed E-state index contributed by atoms with van der Waals surface area (Å²) in [5.41, 5.74) is -1.02. The third-order valence-electron chi connectivity index (χ3n) is 6.66. The summed E-state index contributed by atoms with van der Waals surface area (Å²) in [6.07, 6.45) is 2.26. The molecule has 1 saturated heterocycles. The number of hydrogen-bond acceptors (Lipinski definition) is 4. The van der Waals surface area contributed by atoms with Gasteiger partial charge in [0.1, 0.15) is 11.2 Å². The molecule has 2 amide bonds. The molecule has 2 aliphatic carbocycles. The molecule has 3 aliphatic rings. The summed E-state index contributed by atoms with van der Waals surface area (Å²) >= 11 is 0. The van der Waals surface area contributed by atoms with Crippen molar-refractivity contribution in [2.45, 2.75) is 40.0 Å². The molecule has 1 heterocycles. The van der Waals surface area contributed by atoms with Gasteiger partial charge in [-0.2, -0.15) is 0 Å². The summed E-state index contributed by atoms with van der Waals surface area (Å²) in [7, 11) is 0.